The van der Waals surface area contributed by atoms with Crippen molar-refractivity contribution in [2.75, 3.05) is 7.11 Å². The van der Waals surface area contributed by atoms with Crippen molar-refractivity contribution in [2.24, 2.45) is 5.10 Å². The minimum Gasteiger partial charge on any atom is -0.545 e. The first-order valence-corrected chi connectivity index (χ1v) is 7.29. The second-order valence-corrected chi connectivity index (χ2v) is 5.28. The molecular formula is C16H12BrN2O4-. The van der Waals surface area contributed by atoms with E-state index >= 15 is 0 Å². The molecule has 0 radical (unpaired) electrons. The molecule has 0 unspecified atom stereocenters. The lowest BCUT2D eigenvalue weighted by Crippen LogP contribution is -2.23. The highest BCUT2D eigenvalue weighted by Crippen LogP contribution is 2.18. The summed E-state index contributed by atoms with van der Waals surface area (Å²) in [6.45, 7) is 0. The number of methoxy groups -OCH3 is 1. The molecule has 0 fully saturated rings. The molecule has 118 valence electrons. The number of nitrogens with zero attached hydrogens (tertiary/aromatic N) is 1. The summed E-state index contributed by atoms with van der Waals surface area (Å²) in [5, 5.41) is 14.8. The van der Waals surface area contributed by atoms with Crippen molar-refractivity contribution in [3.05, 3.63) is 63.6 Å². The summed E-state index contributed by atoms with van der Waals surface area (Å²) < 4.78 is 5.58. The average Bonchev–Trinajstić information content (AvgIpc) is 2.55. The van der Waals surface area contributed by atoms with Crippen LogP contribution in [0.5, 0.6) is 5.75 Å². The lowest BCUT2D eigenvalue weighted by Gasteiger charge is -2.09. The maximum atomic E-state index is 12.0. The zero-order valence-corrected chi connectivity index (χ0v) is 13.7. The van der Waals surface area contributed by atoms with Gasteiger partial charge in [-0.3, -0.25) is 4.79 Å². The van der Waals surface area contributed by atoms with Crippen LogP contribution in [0, 0.1) is 0 Å². The summed E-state index contributed by atoms with van der Waals surface area (Å²) in [5.41, 5.74) is 3.21. The molecule has 0 atom stereocenters. The zero-order chi connectivity index (χ0) is 16.8. The number of nitrogens with one attached hydrogen (secondary N) is 1. The maximum absolute atomic E-state index is 12.0. The second kappa shape index (κ2) is 7.55. The van der Waals surface area contributed by atoms with Crippen LogP contribution in [-0.2, 0) is 0 Å². The van der Waals surface area contributed by atoms with E-state index in [0.29, 0.717) is 15.6 Å². The van der Waals surface area contributed by atoms with E-state index in [-0.39, 0.29) is 17.2 Å². The second-order valence-electron chi connectivity index (χ2n) is 4.43. The van der Waals surface area contributed by atoms with Crippen LogP contribution in [0.4, 0.5) is 0 Å². The molecule has 0 saturated heterocycles. The fourth-order valence-corrected chi connectivity index (χ4v) is 2.30. The highest BCUT2D eigenvalue weighted by molar-refractivity contribution is 9.10. The molecule has 0 bridgehead atoms. The molecule has 1 amide bonds. The third-order valence-corrected chi connectivity index (χ3v) is 3.63. The number of hydrazone groups is 1. The molecular weight excluding hydrogens is 364 g/mol. The van der Waals surface area contributed by atoms with E-state index in [2.05, 4.69) is 26.5 Å². The molecule has 23 heavy (non-hydrogen) atoms. The largest absolute Gasteiger partial charge is 0.545 e. The smallest absolute Gasteiger partial charge is 0.272 e. The highest BCUT2D eigenvalue weighted by atomic mass is 79.9. The number of benzene rings is 2. The molecule has 2 aromatic rings. The van der Waals surface area contributed by atoms with Crippen LogP contribution in [0.1, 0.15) is 26.3 Å². The lowest BCUT2D eigenvalue weighted by molar-refractivity contribution is -0.255. The van der Waals surface area contributed by atoms with Gasteiger partial charge in [-0.25, -0.2) is 5.43 Å². The van der Waals surface area contributed by atoms with Crippen molar-refractivity contribution < 1.29 is 19.4 Å². The van der Waals surface area contributed by atoms with Gasteiger partial charge < -0.3 is 14.6 Å². The van der Waals surface area contributed by atoms with Crippen LogP contribution in [0.25, 0.3) is 0 Å². The van der Waals surface area contributed by atoms with Crippen molar-refractivity contribution in [2.45, 2.75) is 0 Å². The molecule has 7 heteroatoms. The zero-order valence-electron chi connectivity index (χ0n) is 12.1. The Kier molecular flexibility index (Phi) is 5.48. The number of amides is 1. The molecule has 0 aliphatic rings. The molecule has 0 aliphatic carbocycles. The van der Waals surface area contributed by atoms with Crippen LogP contribution in [0.3, 0.4) is 0 Å². The third kappa shape index (κ3) is 4.17. The van der Waals surface area contributed by atoms with Gasteiger partial charge in [-0.2, -0.15) is 5.10 Å². The number of carboxylic acids is 1. The van der Waals surface area contributed by atoms with Crippen LogP contribution in [-0.4, -0.2) is 25.2 Å². The van der Waals surface area contributed by atoms with E-state index < -0.39 is 5.97 Å². The number of rotatable bonds is 5. The van der Waals surface area contributed by atoms with Gasteiger partial charge >= 0.3 is 0 Å². The van der Waals surface area contributed by atoms with Crippen LogP contribution in [0.2, 0.25) is 0 Å². The molecule has 1 N–H and O–H groups in total. The number of hydrogen-bond donors (Lipinski definition) is 1. The van der Waals surface area contributed by atoms with Crippen LogP contribution in [0.15, 0.2) is 52.0 Å². The van der Waals surface area contributed by atoms with Gasteiger partial charge in [0, 0.05) is 10.0 Å². The number of hydrogen-bond acceptors (Lipinski definition) is 5. The average molecular weight is 376 g/mol. The first kappa shape index (κ1) is 16.7. The Bertz CT molecular complexity index is 774. The summed E-state index contributed by atoms with van der Waals surface area (Å²) in [4.78, 5) is 23.0. The number of carbonyl (C=O) groups is 2. The molecule has 0 saturated carbocycles. The topological polar surface area (TPSA) is 90.8 Å². The fourth-order valence-electron chi connectivity index (χ4n) is 1.84. The first-order chi connectivity index (χ1) is 11.0. The number of ether oxygens (including phenoxy) is 1. The SMILES string of the molecule is COc1ccc(/C=N\NC(=O)c2ccccc2Br)cc1C(=O)[O-]. The fraction of sp³-hybridized carbons (Fsp3) is 0.0625. The van der Waals surface area contributed by atoms with Gasteiger partial charge in [0.1, 0.15) is 5.75 Å². The first-order valence-electron chi connectivity index (χ1n) is 6.50. The minimum absolute atomic E-state index is 0.0893. The van der Waals surface area contributed by atoms with Crippen molar-refractivity contribution >= 4 is 34.0 Å². The van der Waals surface area contributed by atoms with E-state index in [1.807, 2.05) is 0 Å². The monoisotopic (exact) mass is 375 g/mol. The Morgan fingerprint density at radius 1 is 1.22 bits per heavy atom. The lowest BCUT2D eigenvalue weighted by atomic mass is 10.1. The van der Waals surface area contributed by atoms with Crippen molar-refractivity contribution in [3.63, 3.8) is 0 Å². The summed E-state index contributed by atoms with van der Waals surface area (Å²) in [6, 6.07) is 11.4. The van der Waals surface area contributed by atoms with Gasteiger partial charge in [-0.05, 0) is 51.8 Å². The molecule has 0 spiro atoms. The summed E-state index contributed by atoms with van der Waals surface area (Å²) in [7, 11) is 1.37. The van der Waals surface area contributed by atoms with E-state index in [0.717, 1.165) is 0 Å². The van der Waals surface area contributed by atoms with Gasteiger partial charge in [0.15, 0.2) is 0 Å². The number of aromatic carboxylic acids is 1. The third-order valence-electron chi connectivity index (χ3n) is 2.94. The van der Waals surface area contributed by atoms with Gasteiger partial charge in [0.25, 0.3) is 5.91 Å². The Balaban J connectivity index is 2.12. The van der Waals surface area contributed by atoms with Gasteiger partial charge in [-0.15, -0.1) is 0 Å². The van der Waals surface area contributed by atoms with Crippen molar-refractivity contribution in [1.29, 1.82) is 0 Å². The Hall–Kier alpha value is -2.67. The van der Waals surface area contributed by atoms with Gasteiger partial charge in [0.2, 0.25) is 0 Å². The molecule has 2 rings (SSSR count). The molecule has 0 aromatic heterocycles. The maximum Gasteiger partial charge on any atom is 0.272 e. The number of carbonyl (C=O) groups excluding carboxylic acids is 2. The van der Waals surface area contributed by atoms with E-state index in [1.165, 1.54) is 25.5 Å². The summed E-state index contributed by atoms with van der Waals surface area (Å²) in [6.07, 6.45) is 1.33. The van der Waals surface area contributed by atoms with E-state index in [1.54, 1.807) is 30.3 Å². The van der Waals surface area contributed by atoms with Gasteiger partial charge in [0.05, 0.1) is 24.9 Å². The highest BCUT2D eigenvalue weighted by Gasteiger charge is 2.08. The van der Waals surface area contributed by atoms with Crippen molar-refractivity contribution in [1.82, 2.24) is 5.43 Å². The standard InChI is InChI=1S/C16H13BrN2O4/c1-23-14-7-6-10(8-12(14)16(21)22)9-18-19-15(20)11-4-2-3-5-13(11)17/h2-9H,1H3,(H,19,20)(H,21,22)/p-1/b18-9-. The van der Waals surface area contributed by atoms with E-state index in [9.17, 15) is 14.7 Å². The number of carboxylic acid groups (broad SMARTS) is 1. The molecule has 0 heterocycles. The normalized spacial score (nSPS) is 10.5. The summed E-state index contributed by atoms with van der Waals surface area (Å²) in [5.74, 6) is -1.55. The van der Waals surface area contributed by atoms with Crippen LogP contribution < -0.4 is 15.3 Å². The van der Waals surface area contributed by atoms with Gasteiger partial charge in [-0.1, -0.05) is 12.1 Å². The minimum atomic E-state index is -1.35. The van der Waals surface area contributed by atoms with Crippen molar-refractivity contribution in [3.8, 4) is 5.75 Å². The Labute approximate surface area is 140 Å². The predicted octanol–water partition coefficient (Wildman–Crippen LogP) is 1.59. The molecule has 6 nitrogen and oxygen atoms in total. The predicted molar refractivity (Wildman–Crippen MR) is 86.5 cm³/mol. The number of halogens is 1. The molecule has 0 aliphatic heterocycles. The quantitative estimate of drug-likeness (QED) is 0.634. The Morgan fingerprint density at radius 3 is 2.61 bits per heavy atom. The van der Waals surface area contributed by atoms with E-state index in [4.69, 9.17) is 4.74 Å². The molecule has 2 aromatic carbocycles. The Morgan fingerprint density at radius 2 is 1.96 bits per heavy atom. The summed E-state index contributed by atoms with van der Waals surface area (Å²) >= 11 is 3.28. The van der Waals surface area contributed by atoms with Crippen LogP contribution >= 0.6 is 15.9 Å².